The second-order valence-corrected chi connectivity index (χ2v) is 4.93. The second kappa shape index (κ2) is 5.18. The lowest BCUT2D eigenvalue weighted by Gasteiger charge is -2.04. The Balaban J connectivity index is 1.89. The van der Waals surface area contributed by atoms with E-state index >= 15 is 0 Å². The van der Waals surface area contributed by atoms with Gasteiger partial charge in [-0.1, -0.05) is 17.7 Å². The minimum Gasteiger partial charge on any atom is -0.350 e. The highest BCUT2D eigenvalue weighted by Gasteiger charge is 2.12. The second-order valence-electron chi connectivity index (χ2n) is 4.49. The quantitative estimate of drug-likeness (QED) is 0.726. The highest BCUT2D eigenvalue weighted by molar-refractivity contribution is 6.31. The molecule has 0 unspecified atom stereocenters. The van der Waals surface area contributed by atoms with E-state index in [4.69, 9.17) is 11.6 Å². The van der Waals surface area contributed by atoms with E-state index in [1.54, 1.807) is 24.3 Å². The molecule has 2 aromatic carbocycles. The van der Waals surface area contributed by atoms with Crippen molar-refractivity contribution in [2.45, 2.75) is 0 Å². The molecule has 0 bridgehead atoms. The van der Waals surface area contributed by atoms with Crippen LogP contribution in [0.5, 0.6) is 0 Å². The molecule has 106 valence electrons. The summed E-state index contributed by atoms with van der Waals surface area (Å²) in [5, 5.41) is 3.74. The summed E-state index contributed by atoms with van der Waals surface area (Å²) in [5.74, 6) is -2.05. The van der Waals surface area contributed by atoms with Crippen LogP contribution in [0.3, 0.4) is 0 Å². The Bertz CT molecular complexity index is 845. The van der Waals surface area contributed by atoms with Gasteiger partial charge < -0.3 is 10.3 Å². The average molecular weight is 307 g/mol. The van der Waals surface area contributed by atoms with Crippen molar-refractivity contribution in [1.82, 2.24) is 4.98 Å². The first-order valence-corrected chi connectivity index (χ1v) is 6.45. The molecule has 0 aliphatic heterocycles. The Kier molecular flexibility index (Phi) is 3.35. The fourth-order valence-electron chi connectivity index (χ4n) is 2.00. The van der Waals surface area contributed by atoms with Gasteiger partial charge in [0, 0.05) is 22.0 Å². The van der Waals surface area contributed by atoms with Gasteiger partial charge in [-0.25, -0.2) is 8.78 Å². The topological polar surface area (TPSA) is 44.9 Å². The van der Waals surface area contributed by atoms with Crippen LogP contribution in [0.15, 0.2) is 42.5 Å². The van der Waals surface area contributed by atoms with Gasteiger partial charge in [0.05, 0.1) is 5.69 Å². The number of H-pyrrole nitrogens is 1. The number of carbonyl (C=O) groups is 1. The van der Waals surface area contributed by atoms with Gasteiger partial charge in [-0.2, -0.15) is 0 Å². The first kappa shape index (κ1) is 13.6. The summed E-state index contributed by atoms with van der Waals surface area (Å²) in [6.45, 7) is 0. The highest BCUT2D eigenvalue weighted by Crippen LogP contribution is 2.21. The maximum Gasteiger partial charge on any atom is 0.272 e. The number of benzene rings is 2. The largest absolute Gasteiger partial charge is 0.350 e. The number of aromatic amines is 1. The summed E-state index contributed by atoms with van der Waals surface area (Å²) in [5.41, 5.74) is 0.876. The van der Waals surface area contributed by atoms with Crippen LogP contribution in [-0.4, -0.2) is 10.9 Å². The Labute approximate surface area is 123 Å². The van der Waals surface area contributed by atoms with Gasteiger partial charge in [0.15, 0.2) is 0 Å². The van der Waals surface area contributed by atoms with Gasteiger partial charge >= 0.3 is 0 Å². The van der Waals surface area contributed by atoms with Crippen LogP contribution in [0, 0.1) is 11.6 Å². The van der Waals surface area contributed by atoms with E-state index in [0.717, 1.165) is 11.5 Å². The molecule has 0 spiro atoms. The molecule has 0 atom stereocenters. The number of nitrogens with one attached hydrogen (secondary N) is 2. The number of aromatic nitrogens is 1. The summed E-state index contributed by atoms with van der Waals surface area (Å²) in [7, 11) is 0. The lowest BCUT2D eigenvalue weighted by Crippen LogP contribution is -2.13. The number of halogens is 3. The van der Waals surface area contributed by atoms with Crippen LogP contribution in [0.2, 0.25) is 5.02 Å². The molecule has 0 aliphatic carbocycles. The molecule has 3 rings (SSSR count). The summed E-state index contributed by atoms with van der Waals surface area (Å²) in [4.78, 5) is 15.0. The van der Waals surface area contributed by atoms with E-state index in [1.165, 1.54) is 6.07 Å². The normalized spacial score (nSPS) is 10.8. The molecule has 0 saturated carbocycles. The van der Waals surface area contributed by atoms with Crippen molar-refractivity contribution < 1.29 is 13.6 Å². The number of rotatable bonds is 2. The summed E-state index contributed by atoms with van der Waals surface area (Å²) < 4.78 is 26.3. The molecule has 0 fully saturated rings. The number of fused-ring (bicyclic) bond motifs is 1. The first-order chi connectivity index (χ1) is 10.0. The predicted octanol–water partition coefficient (Wildman–Crippen LogP) is 4.35. The minimum atomic E-state index is -0.831. The van der Waals surface area contributed by atoms with Crippen molar-refractivity contribution in [3.63, 3.8) is 0 Å². The van der Waals surface area contributed by atoms with Crippen molar-refractivity contribution >= 4 is 34.1 Å². The predicted molar refractivity (Wildman–Crippen MR) is 77.6 cm³/mol. The molecular weight excluding hydrogens is 298 g/mol. The average Bonchev–Trinajstić information content (AvgIpc) is 2.85. The minimum absolute atomic E-state index is 0.0851. The highest BCUT2D eigenvalue weighted by atomic mass is 35.5. The number of hydrogen-bond donors (Lipinski definition) is 2. The lowest BCUT2D eigenvalue weighted by atomic mass is 10.2. The Morgan fingerprint density at radius 3 is 2.67 bits per heavy atom. The molecule has 2 N–H and O–H groups in total. The maximum atomic E-state index is 13.5. The molecule has 3 nitrogen and oxygen atoms in total. The smallest absolute Gasteiger partial charge is 0.272 e. The molecule has 6 heteroatoms. The van der Waals surface area contributed by atoms with Gasteiger partial charge in [-0.3, -0.25) is 4.79 Å². The van der Waals surface area contributed by atoms with Crippen molar-refractivity contribution in [3.8, 4) is 0 Å². The van der Waals surface area contributed by atoms with Crippen LogP contribution >= 0.6 is 11.6 Å². The standard InChI is InChI=1S/C15H9ClF2N2O/c16-9-2-1-8-5-14(19-13(8)6-9)15(21)20-12-4-3-10(17)7-11(12)18/h1-7,19H,(H,20,21). The van der Waals surface area contributed by atoms with E-state index in [9.17, 15) is 13.6 Å². The van der Waals surface area contributed by atoms with Gasteiger partial charge in [-0.05, 0) is 30.3 Å². The number of anilines is 1. The Morgan fingerprint density at radius 1 is 1.10 bits per heavy atom. The van der Waals surface area contributed by atoms with Gasteiger partial charge in [-0.15, -0.1) is 0 Å². The summed E-state index contributed by atoms with van der Waals surface area (Å²) >= 11 is 5.87. The van der Waals surface area contributed by atoms with Crippen molar-refractivity contribution in [2.24, 2.45) is 0 Å². The SMILES string of the molecule is O=C(Nc1ccc(F)cc1F)c1cc2ccc(Cl)cc2[nH]1. The van der Waals surface area contributed by atoms with E-state index < -0.39 is 17.5 Å². The van der Waals surface area contributed by atoms with Gasteiger partial charge in [0.2, 0.25) is 0 Å². The zero-order chi connectivity index (χ0) is 15.0. The fraction of sp³-hybridized carbons (Fsp3) is 0. The zero-order valence-corrected chi connectivity index (χ0v) is 11.3. The van der Waals surface area contributed by atoms with Crippen LogP contribution in [0.25, 0.3) is 10.9 Å². The number of carbonyl (C=O) groups excluding carboxylic acids is 1. The first-order valence-electron chi connectivity index (χ1n) is 6.07. The molecule has 0 aliphatic rings. The van der Waals surface area contributed by atoms with Crippen LogP contribution < -0.4 is 5.32 Å². The maximum absolute atomic E-state index is 13.5. The van der Waals surface area contributed by atoms with Crippen molar-refractivity contribution in [1.29, 1.82) is 0 Å². The molecular formula is C15H9ClF2N2O. The van der Waals surface area contributed by atoms with Gasteiger partial charge in [0.1, 0.15) is 17.3 Å². The summed E-state index contributed by atoms with van der Waals surface area (Å²) in [6.07, 6.45) is 0. The van der Waals surface area contributed by atoms with E-state index in [-0.39, 0.29) is 11.4 Å². The molecule has 0 saturated heterocycles. The monoisotopic (exact) mass is 306 g/mol. The fourth-order valence-corrected chi connectivity index (χ4v) is 2.17. The number of amides is 1. The van der Waals surface area contributed by atoms with E-state index in [2.05, 4.69) is 10.3 Å². The molecule has 1 amide bonds. The third-order valence-corrected chi connectivity index (χ3v) is 3.24. The van der Waals surface area contributed by atoms with E-state index in [1.807, 2.05) is 0 Å². The molecule has 0 radical (unpaired) electrons. The lowest BCUT2D eigenvalue weighted by molar-refractivity contribution is 0.102. The Hall–Kier alpha value is -2.40. The zero-order valence-electron chi connectivity index (χ0n) is 10.6. The number of hydrogen-bond acceptors (Lipinski definition) is 1. The Morgan fingerprint density at radius 2 is 1.90 bits per heavy atom. The molecule has 3 aromatic rings. The summed E-state index contributed by atoms with van der Waals surface area (Å²) in [6, 6.07) is 9.74. The van der Waals surface area contributed by atoms with Gasteiger partial charge in [0.25, 0.3) is 5.91 Å². The molecule has 1 heterocycles. The van der Waals surface area contributed by atoms with Crippen molar-refractivity contribution in [3.05, 3.63) is 64.8 Å². The molecule has 1 aromatic heterocycles. The van der Waals surface area contributed by atoms with Crippen molar-refractivity contribution in [2.75, 3.05) is 5.32 Å². The third kappa shape index (κ3) is 2.73. The van der Waals surface area contributed by atoms with Crippen LogP contribution in [0.1, 0.15) is 10.5 Å². The van der Waals surface area contributed by atoms with E-state index in [0.29, 0.717) is 16.6 Å². The van der Waals surface area contributed by atoms with Crippen LogP contribution in [-0.2, 0) is 0 Å². The molecule has 21 heavy (non-hydrogen) atoms. The third-order valence-electron chi connectivity index (χ3n) is 3.01. The van der Waals surface area contributed by atoms with Crippen LogP contribution in [0.4, 0.5) is 14.5 Å².